The average Bonchev–Trinajstić information content (AvgIpc) is 2.72. The Morgan fingerprint density at radius 2 is 2.04 bits per heavy atom. The van der Waals surface area contributed by atoms with Gasteiger partial charge in [-0.05, 0) is 51.0 Å². The van der Waals surface area contributed by atoms with Crippen molar-refractivity contribution in [3.63, 3.8) is 0 Å². The summed E-state index contributed by atoms with van der Waals surface area (Å²) in [5, 5.41) is 0. The molecule has 5 rings (SSSR count). The average molecular weight is 387 g/mol. The number of aryl methyl sites for hydroxylation is 1. The number of rotatable bonds is 8. The predicted molar refractivity (Wildman–Crippen MR) is 107 cm³/mol. The smallest absolute Gasteiger partial charge is 0.213 e. The van der Waals surface area contributed by atoms with Crippen molar-refractivity contribution >= 4 is 11.0 Å². The first kappa shape index (κ1) is 19.5. The molecule has 0 unspecified atom stereocenters. The molecule has 5 nitrogen and oxygen atoms in total. The molecule has 2 N–H and O–H groups in total. The highest BCUT2D eigenvalue weighted by Crippen LogP contribution is 2.45. The van der Waals surface area contributed by atoms with E-state index in [4.69, 9.17) is 15.2 Å². The van der Waals surface area contributed by atoms with Crippen LogP contribution in [0.1, 0.15) is 63.9 Å². The van der Waals surface area contributed by atoms with Crippen molar-refractivity contribution in [2.75, 3.05) is 13.2 Å². The van der Waals surface area contributed by atoms with E-state index in [9.17, 15) is 4.39 Å². The Bertz CT molecular complexity index is 817. The Hall–Kier alpha value is -1.79. The quantitative estimate of drug-likeness (QED) is 0.684. The van der Waals surface area contributed by atoms with Crippen LogP contribution in [0.4, 0.5) is 4.39 Å². The molecule has 0 atom stereocenters. The summed E-state index contributed by atoms with van der Waals surface area (Å²) in [6.45, 7) is 3.40. The fraction of sp³-hybridized carbons (Fsp3) is 0.636. The molecule has 152 valence electrons. The van der Waals surface area contributed by atoms with Crippen LogP contribution >= 0.6 is 0 Å². The van der Waals surface area contributed by atoms with E-state index in [1.807, 2.05) is 12.1 Å². The molecule has 3 fully saturated rings. The van der Waals surface area contributed by atoms with Gasteiger partial charge in [-0.25, -0.2) is 9.37 Å². The Labute approximate surface area is 165 Å². The monoisotopic (exact) mass is 387 g/mol. The summed E-state index contributed by atoms with van der Waals surface area (Å²) in [6, 6.07) is 3.67. The van der Waals surface area contributed by atoms with Crippen LogP contribution in [-0.4, -0.2) is 34.3 Å². The van der Waals surface area contributed by atoms with Crippen molar-refractivity contribution in [1.29, 1.82) is 0 Å². The van der Waals surface area contributed by atoms with Gasteiger partial charge in [0.2, 0.25) is 5.88 Å². The maximum absolute atomic E-state index is 14.7. The largest absolute Gasteiger partial charge is 0.478 e. The molecular weight excluding hydrogens is 357 g/mol. The highest BCUT2D eigenvalue weighted by molar-refractivity contribution is 5.78. The normalized spacial score (nSPS) is 26.7. The third-order valence-corrected chi connectivity index (χ3v) is 6.39. The predicted octanol–water partition coefficient (Wildman–Crippen LogP) is 4.31. The lowest BCUT2D eigenvalue weighted by molar-refractivity contribution is -0.156. The van der Waals surface area contributed by atoms with Crippen LogP contribution in [0.15, 0.2) is 18.3 Å². The number of fused-ring (bicyclic) bond motifs is 4. The first-order chi connectivity index (χ1) is 13.5. The zero-order valence-corrected chi connectivity index (χ0v) is 16.7. The lowest BCUT2D eigenvalue weighted by atomic mass is 9.70. The van der Waals surface area contributed by atoms with E-state index in [2.05, 4.69) is 16.9 Å². The number of aromatic nitrogens is 2. The van der Waals surface area contributed by atoms with Crippen molar-refractivity contribution in [2.24, 2.45) is 5.73 Å². The molecule has 3 aliphatic rings. The second-order valence-electron chi connectivity index (χ2n) is 8.49. The molecular formula is C22H30FN3O2. The first-order valence-corrected chi connectivity index (χ1v) is 10.5. The number of nitrogens with two attached hydrogens (primary N) is 1. The summed E-state index contributed by atoms with van der Waals surface area (Å²) in [7, 11) is 0. The zero-order valence-electron chi connectivity index (χ0n) is 16.7. The molecule has 0 radical (unpaired) electrons. The van der Waals surface area contributed by atoms with Gasteiger partial charge in [0, 0.05) is 17.2 Å². The molecule has 4 heterocycles. The van der Waals surface area contributed by atoms with Gasteiger partial charge < -0.3 is 15.2 Å². The number of hydrogen-bond acceptors (Lipinski definition) is 5. The number of pyridine rings is 2. The van der Waals surface area contributed by atoms with Gasteiger partial charge in [-0.2, -0.15) is 0 Å². The van der Waals surface area contributed by atoms with Crippen LogP contribution in [0, 0.1) is 5.82 Å². The van der Waals surface area contributed by atoms with E-state index in [1.165, 1.54) is 6.20 Å². The van der Waals surface area contributed by atoms with Gasteiger partial charge in [0.1, 0.15) is 5.82 Å². The minimum Gasteiger partial charge on any atom is -0.478 e. The van der Waals surface area contributed by atoms with Gasteiger partial charge in [-0.15, -0.1) is 0 Å². The van der Waals surface area contributed by atoms with Gasteiger partial charge in [0.05, 0.1) is 36.0 Å². The maximum Gasteiger partial charge on any atom is 0.213 e. The number of ether oxygens (including phenoxy) is 2. The molecule has 1 aliphatic carbocycles. The van der Waals surface area contributed by atoms with Crippen molar-refractivity contribution in [2.45, 2.75) is 75.9 Å². The molecule has 2 bridgehead atoms. The Morgan fingerprint density at radius 1 is 1.21 bits per heavy atom. The van der Waals surface area contributed by atoms with Crippen molar-refractivity contribution < 1.29 is 13.9 Å². The summed E-state index contributed by atoms with van der Waals surface area (Å²) in [5.41, 5.74) is 7.91. The summed E-state index contributed by atoms with van der Waals surface area (Å²) < 4.78 is 26.6. The van der Waals surface area contributed by atoms with E-state index < -0.39 is 0 Å². The lowest BCUT2D eigenvalue weighted by Gasteiger charge is -2.51. The topological polar surface area (TPSA) is 70.3 Å². The third-order valence-electron chi connectivity index (χ3n) is 6.39. The molecule has 2 saturated heterocycles. The first-order valence-electron chi connectivity index (χ1n) is 10.5. The van der Waals surface area contributed by atoms with Crippen molar-refractivity contribution in [3.8, 4) is 5.88 Å². The van der Waals surface area contributed by atoms with E-state index in [-0.39, 0.29) is 17.0 Å². The van der Waals surface area contributed by atoms with Gasteiger partial charge in [0.15, 0.2) is 0 Å². The van der Waals surface area contributed by atoms with Crippen LogP contribution in [0.3, 0.4) is 0 Å². The zero-order chi connectivity index (χ0) is 19.6. The molecule has 2 aromatic heterocycles. The molecule has 0 spiro atoms. The van der Waals surface area contributed by atoms with Crippen molar-refractivity contribution in [3.05, 3.63) is 29.7 Å². The summed E-state index contributed by atoms with van der Waals surface area (Å²) in [5.74, 6) is 0.231. The van der Waals surface area contributed by atoms with Crippen LogP contribution < -0.4 is 10.5 Å². The van der Waals surface area contributed by atoms with E-state index in [0.717, 1.165) is 51.4 Å². The lowest BCUT2D eigenvalue weighted by Crippen LogP contribution is -2.59. The SMILES string of the molecule is CCCCCOc1ccc2ncc(F)c(CCC34CCC(N)(CC3)CO4)c2n1. The number of halogens is 1. The van der Waals surface area contributed by atoms with Gasteiger partial charge in [0.25, 0.3) is 0 Å². The molecule has 0 amide bonds. The van der Waals surface area contributed by atoms with Gasteiger partial charge in [-0.3, -0.25) is 4.98 Å². The molecule has 2 aliphatic heterocycles. The van der Waals surface area contributed by atoms with Crippen molar-refractivity contribution in [1.82, 2.24) is 9.97 Å². The molecule has 0 aromatic carbocycles. The third kappa shape index (κ3) is 3.98. The van der Waals surface area contributed by atoms with Crippen LogP contribution in [0.25, 0.3) is 11.0 Å². The highest BCUT2D eigenvalue weighted by atomic mass is 19.1. The molecule has 28 heavy (non-hydrogen) atoms. The molecule has 2 aromatic rings. The van der Waals surface area contributed by atoms with Gasteiger partial charge >= 0.3 is 0 Å². The standard InChI is InChI=1S/C22H30FN3O2/c1-2-3-4-13-27-19-6-5-18-20(26-19)16(17(23)14-25-18)7-8-22-11-9-21(24,10-12-22)15-28-22/h5-6,14H,2-4,7-13,15,24H2,1H3. The van der Waals surface area contributed by atoms with Gasteiger partial charge in [-0.1, -0.05) is 19.8 Å². The highest BCUT2D eigenvalue weighted by Gasteiger charge is 2.47. The number of hydrogen-bond donors (Lipinski definition) is 1. The Balaban J connectivity index is 1.51. The summed E-state index contributed by atoms with van der Waals surface area (Å²) in [4.78, 5) is 8.78. The minimum absolute atomic E-state index is 0.151. The minimum atomic E-state index is -0.306. The Morgan fingerprint density at radius 3 is 2.75 bits per heavy atom. The van der Waals surface area contributed by atoms with E-state index in [1.54, 1.807) is 0 Å². The fourth-order valence-corrected chi connectivity index (χ4v) is 4.39. The molecule has 6 heteroatoms. The summed E-state index contributed by atoms with van der Waals surface area (Å²) >= 11 is 0. The second kappa shape index (κ2) is 7.91. The van der Waals surface area contributed by atoms with Crippen LogP contribution in [-0.2, 0) is 11.2 Å². The summed E-state index contributed by atoms with van der Waals surface area (Å²) in [6.07, 6.45) is 9.79. The number of unbranched alkanes of at least 4 members (excludes halogenated alkanes) is 2. The van der Waals surface area contributed by atoms with Crippen LogP contribution in [0.5, 0.6) is 5.88 Å². The second-order valence-corrected chi connectivity index (χ2v) is 8.49. The fourth-order valence-electron chi connectivity index (χ4n) is 4.39. The molecule has 1 saturated carbocycles. The van der Waals surface area contributed by atoms with E-state index >= 15 is 0 Å². The maximum atomic E-state index is 14.7. The number of nitrogens with zero attached hydrogens (tertiary/aromatic N) is 2. The Kier molecular flexibility index (Phi) is 5.52. The van der Waals surface area contributed by atoms with Crippen LogP contribution in [0.2, 0.25) is 0 Å². The van der Waals surface area contributed by atoms with E-state index in [0.29, 0.717) is 42.1 Å².